The van der Waals surface area contributed by atoms with Crippen molar-refractivity contribution in [2.75, 3.05) is 6.54 Å². The van der Waals surface area contributed by atoms with Crippen LogP contribution in [-0.2, 0) is 18.4 Å². The number of fused-ring (bicyclic) bond motifs is 1. The van der Waals surface area contributed by atoms with Crippen molar-refractivity contribution in [1.29, 1.82) is 0 Å². The largest absolute Gasteiger partial charge is 0.390 e. The highest BCUT2D eigenvalue weighted by Gasteiger charge is 2.22. The standard InChI is InChI=1S/C18H28N2O/c1-5-6-13-7-8-16-14(9-13)10-17(18(2,3)4)20(16)12-15(21)11-19/h7-10,15,21H,5-6,11-12,19H2,1-4H3. The van der Waals surface area contributed by atoms with Crippen LogP contribution in [0, 0.1) is 0 Å². The topological polar surface area (TPSA) is 51.2 Å². The van der Waals surface area contributed by atoms with Gasteiger partial charge in [-0.3, -0.25) is 0 Å². The number of hydrogen-bond acceptors (Lipinski definition) is 2. The van der Waals surface area contributed by atoms with Crippen molar-refractivity contribution in [2.24, 2.45) is 5.73 Å². The first-order chi connectivity index (χ1) is 9.86. The van der Waals surface area contributed by atoms with E-state index in [1.54, 1.807) is 0 Å². The van der Waals surface area contributed by atoms with Crippen LogP contribution in [-0.4, -0.2) is 22.3 Å². The molecule has 0 aliphatic rings. The summed E-state index contributed by atoms with van der Waals surface area (Å²) in [6, 6.07) is 8.92. The average molecular weight is 288 g/mol. The van der Waals surface area contributed by atoms with Crippen molar-refractivity contribution in [3.63, 3.8) is 0 Å². The molecule has 0 amide bonds. The summed E-state index contributed by atoms with van der Waals surface area (Å²) in [6.07, 6.45) is 1.76. The lowest BCUT2D eigenvalue weighted by molar-refractivity contribution is 0.161. The van der Waals surface area contributed by atoms with Crippen LogP contribution < -0.4 is 5.73 Å². The molecule has 1 aromatic carbocycles. The molecule has 3 heteroatoms. The van der Waals surface area contributed by atoms with E-state index in [1.165, 1.54) is 22.2 Å². The summed E-state index contributed by atoms with van der Waals surface area (Å²) in [5.41, 5.74) is 9.44. The molecule has 1 heterocycles. The molecule has 1 atom stereocenters. The Morgan fingerprint density at radius 1 is 1.24 bits per heavy atom. The quantitative estimate of drug-likeness (QED) is 0.887. The minimum absolute atomic E-state index is 0.0399. The van der Waals surface area contributed by atoms with Crippen LogP contribution in [0.4, 0.5) is 0 Å². The Labute approximate surface area is 127 Å². The van der Waals surface area contributed by atoms with Crippen molar-refractivity contribution in [2.45, 2.75) is 58.6 Å². The molecule has 0 aliphatic heterocycles. The Kier molecular flexibility index (Phi) is 4.74. The number of benzene rings is 1. The molecule has 116 valence electrons. The molecule has 3 nitrogen and oxygen atoms in total. The van der Waals surface area contributed by atoms with Gasteiger partial charge in [0.25, 0.3) is 0 Å². The van der Waals surface area contributed by atoms with Crippen LogP contribution in [0.2, 0.25) is 0 Å². The van der Waals surface area contributed by atoms with Crippen LogP contribution in [0.25, 0.3) is 10.9 Å². The lowest BCUT2D eigenvalue weighted by Gasteiger charge is -2.23. The van der Waals surface area contributed by atoms with Crippen LogP contribution >= 0.6 is 0 Å². The van der Waals surface area contributed by atoms with Crippen LogP contribution in [0.5, 0.6) is 0 Å². The molecule has 0 fully saturated rings. The monoisotopic (exact) mass is 288 g/mol. The van der Waals surface area contributed by atoms with Crippen molar-refractivity contribution < 1.29 is 5.11 Å². The number of hydrogen-bond donors (Lipinski definition) is 2. The number of nitrogens with two attached hydrogens (primary N) is 1. The lowest BCUT2D eigenvalue weighted by Crippen LogP contribution is -2.28. The smallest absolute Gasteiger partial charge is 0.0841 e. The summed E-state index contributed by atoms with van der Waals surface area (Å²) in [7, 11) is 0. The Hall–Kier alpha value is -1.32. The highest BCUT2D eigenvalue weighted by molar-refractivity contribution is 5.82. The van der Waals surface area contributed by atoms with Gasteiger partial charge in [-0.1, -0.05) is 40.2 Å². The van der Waals surface area contributed by atoms with E-state index < -0.39 is 6.10 Å². The lowest BCUT2D eigenvalue weighted by atomic mass is 9.92. The van der Waals surface area contributed by atoms with Crippen LogP contribution in [0.1, 0.15) is 45.4 Å². The first-order valence-electron chi connectivity index (χ1n) is 7.87. The molecule has 0 aliphatic carbocycles. The molecule has 0 spiro atoms. The third kappa shape index (κ3) is 3.47. The van der Waals surface area contributed by atoms with Gasteiger partial charge < -0.3 is 15.4 Å². The van der Waals surface area contributed by atoms with E-state index in [1.807, 2.05) is 0 Å². The van der Waals surface area contributed by atoms with Gasteiger partial charge in [0.15, 0.2) is 0 Å². The normalized spacial score (nSPS) is 13.8. The van der Waals surface area contributed by atoms with Gasteiger partial charge in [0.2, 0.25) is 0 Å². The van der Waals surface area contributed by atoms with E-state index >= 15 is 0 Å². The summed E-state index contributed by atoms with van der Waals surface area (Å²) in [4.78, 5) is 0. The summed E-state index contributed by atoms with van der Waals surface area (Å²) in [5.74, 6) is 0. The van der Waals surface area contributed by atoms with E-state index in [9.17, 15) is 5.11 Å². The van der Waals surface area contributed by atoms with E-state index in [4.69, 9.17) is 5.73 Å². The fraction of sp³-hybridized carbons (Fsp3) is 0.556. The molecule has 3 N–H and O–H groups in total. The summed E-state index contributed by atoms with van der Waals surface area (Å²) >= 11 is 0. The van der Waals surface area contributed by atoms with Gasteiger partial charge in [-0.25, -0.2) is 0 Å². The maximum absolute atomic E-state index is 9.97. The first kappa shape index (κ1) is 16.1. The third-order valence-corrected chi connectivity index (χ3v) is 3.94. The average Bonchev–Trinajstić information content (AvgIpc) is 2.77. The van der Waals surface area contributed by atoms with Crippen LogP contribution in [0.15, 0.2) is 24.3 Å². The zero-order valence-electron chi connectivity index (χ0n) is 13.7. The number of aliphatic hydroxyl groups is 1. The second-order valence-electron chi connectivity index (χ2n) is 6.92. The van der Waals surface area contributed by atoms with Gasteiger partial charge in [-0.15, -0.1) is 0 Å². The van der Waals surface area contributed by atoms with E-state index in [0.29, 0.717) is 6.54 Å². The van der Waals surface area contributed by atoms with Crippen molar-refractivity contribution in [1.82, 2.24) is 4.57 Å². The molecule has 2 rings (SSSR count). The molecule has 2 aromatic rings. The van der Waals surface area contributed by atoms with E-state index in [-0.39, 0.29) is 12.0 Å². The number of aliphatic hydroxyl groups excluding tert-OH is 1. The van der Waals surface area contributed by atoms with E-state index in [0.717, 1.165) is 12.8 Å². The minimum Gasteiger partial charge on any atom is -0.390 e. The molecular formula is C18H28N2O. The zero-order valence-corrected chi connectivity index (χ0v) is 13.7. The predicted octanol–water partition coefficient (Wildman–Crippen LogP) is 3.21. The Bertz CT molecular complexity index is 607. The van der Waals surface area contributed by atoms with E-state index in [2.05, 4.69) is 56.5 Å². The minimum atomic E-state index is -0.503. The summed E-state index contributed by atoms with van der Waals surface area (Å²) < 4.78 is 2.22. The summed E-state index contributed by atoms with van der Waals surface area (Å²) in [5, 5.41) is 11.2. The predicted molar refractivity (Wildman–Crippen MR) is 89.7 cm³/mol. The molecule has 1 unspecified atom stereocenters. The van der Waals surface area contributed by atoms with Gasteiger partial charge in [0.05, 0.1) is 12.6 Å². The number of nitrogens with zero attached hydrogens (tertiary/aromatic N) is 1. The molecule has 0 radical (unpaired) electrons. The van der Waals surface area contributed by atoms with Gasteiger partial charge >= 0.3 is 0 Å². The number of aryl methyl sites for hydroxylation is 1. The molecular weight excluding hydrogens is 260 g/mol. The third-order valence-electron chi connectivity index (χ3n) is 3.94. The second kappa shape index (κ2) is 6.20. The highest BCUT2D eigenvalue weighted by atomic mass is 16.3. The zero-order chi connectivity index (χ0) is 15.6. The van der Waals surface area contributed by atoms with Crippen molar-refractivity contribution in [3.05, 3.63) is 35.5 Å². The maximum Gasteiger partial charge on any atom is 0.0841 e. The number of aromatic nitrogens is 1. The summed E-state index contributed by atoms with van der Waals surface area (Å²) in [6.45, 7) is 9.67. The van der Waals surface area contributed by atoms with Crippen molar-refractivity contribution >= 4 is 10.9 Å². The fourth-order valence-electron chi connectivity index (χ4n) is 2.87. The molecule has 0 bridgehead atoms. The van der Waals surface area contributed by atoms with Gasteiger partial charge in [0, 0.05) is 28.6 Å². The molecule has 21 heavy (non-hydrogen) atoms. The Morgan fingerprint density at radius 3 is 2.52 bits per heavy atom. The fourth-order valence-corrected chi connectivity index (χ4v) is 2.87. The first-order valence-corrected chi connectivity index (χ1v) is 7.87. The second-order valence-corrected chi connectivity index (χ2v) is 6.92. The molecule has 0 saturated carbocycles. The Balaban J connectivity index is 2.55. The van der Waals surface area contributed by atoms with Crippen LogP contribution in [0.3, 0.4) is 0 Å². The SMILES string of the molecule is CCCc1ccc2c(c1)cc(C(C)(C)C)n2CC(O)CN. The number of rotatable bonds is 5. The van der Waals surface area contributed by atoms with Gasteiger partial charge in [0.1, 0.15) is 0 Å². The Morgan fingerprint density at radius 2 is 1.95 bits per heavy atom. The molecule has 1 aromatic heterocycles. The van der Waals surface area contributed by atoms with Gasteiger partial charge in [-0.2, -0.15) is 0 Å². The highest BCUT2D eigenvalue weighted by Crippen LogP contribution is 2.30. The van der Waals surface area contributed by atoms with Gasteiger partial charge in [-0.05, 0) is 30.2 Å². The van der Waals surface area contributed by atoms with Crippen molar-refractivity contribution in [3.8, 4) is 0 Å². The maximum atomic E-state index is 9.97. The molecule has 0 saturated heterocycles.